The average Bonchev–Trinajstić information content (AvgIpc) is 3.09. The van der Waals surface area contributed by atoms with Crippen LogP contribution in [0.25, 0.3) is 0 Å². The Balaban J connectivity index is 1.40. The van der Waals surface area contributed by atoms with Crippen LogP contribution in [-0.4, -0.2) is 25.1 Å². The highest BCUT2D eigenvalue weighted by Gasteiger charge is 2.45. The molecule has 0 bridgehead atoms. The monoisotopic (exact) mass is 220 g/mol. The van der Waals surface area contributed by atoms with Gasteiger partial charge in [-0.1, -0.05) is 30.3 Å². The minimum absolute atomic E-state index is 0.0686. The number of rotatable bonds is 4. The summed E-state index contributed by atoms with van der Waals surface area (Å²) in [6.07, 6.45) is 2.83. The zero-order valence-electron chi connectivity index (χ0n) is 9.17. The van der Waals surface area contributed by atoms with Gasteiger partial charge in [0.2, 0.25) is 0 Å². The van der Waals surface area contributed by atoms with E-state index < -0.39 is 0 Å². The van der Waals surface area contributed by atoms with Crippen molar-refractivity contribution in [3.63, 3.8) is 0 Å². The maximum atomic E-state index is 5.65. The molecule has 3 heteroatoms. The Bertz CT molecular complexity index is 338. The first kappa shape index (κ1) is 10.3. The van der Waals surface area contributed by atoms with Crippen LogP contribution in [-0.2, 0) is 20.8 Å². The van der Waals surface area contributed by atoms with E-state index in [2.05, 4.69) is 12.1 Å². The summed E-state index contributed by atoms with van der Waals surface area (Å²) in [6, 6.07) is 10.2. The lowest BCUT2D eigenvalue weighted by Gasteiger charge is -2.19. The van der Waals surface area contributed by atoms with Crippen molar-refractivity contribution in [1.82, 2.24) is 0 Å². The minimum atomic E-state index is 0.0686. The molecule has 3 rings (SSSR count). The van der Waals surface area contributed by atoms with Gasteiger partial charge in [0.05, 0.1) is 19.3 Å². The van der Waals surface area contributed by atoms with Gasteiger partial charge in [-0.05, 0) is 18.4 Å². The minimum Gasteiger partial charge on any atom is -0.374 e. The summed E-state index contributed by atoms with van der Waals surface area (Å²) in [6.45, 7) is 1.33. The quantitative estimate of drug-likeness (QED) is 0.728. The number of benzene rings is 1. The molecule has 2 saturated heterocycles. The predicted molar refractivity (Wildman–Crippen MR) is 58.9 cm³/mol. The Morgan fingerprint density at radius 2 is 2.00 bits per heavy atom. The molecule has 0 saturated carbocycles. The van der Waals surface area contributed by atoms with E-state index in [1.54, 1.807) is 0 Å². The van der Waals surface area contributed by atoms with Crippen LogP contribution in [0.5, 0.6) is 0 Å². The molecule has 16 heavy (non-hydrogen) atoms. The van der Waals surface area contributed by atoms with Crippen molar-refractivity contribution >= 4 is 0 Å². The second-order valence-corrected chi connectivity index (χ2v) is 4.38. The number of ether oxygens (including phenoxy) is 3. The Hall–Kier alpha value is -0.900. The summed E-state index contributed by atoms with van der Waals surface area (Å²) >= 11 is 0. The number of epoxide rings is 1. The van der Waals surface area contributed by atoms with Crippen LogP contribution >= 0.6 is 0 Å². The van der Waals surface area contributed by atoms with E-state index in [1.807, 2.05) is 18.2 Å². The van der Waals surface area contributed by atoms with Gasteiger partial charge in [0, 0.05) is 0 Å². The summed E-state index contributed by atoms with van der Waals surface area (Å²) in [5.74, 6) is 0. The molecule has 86 valence electrons. The lowest BCUT2D eigenvalue weighted by Crippen LogP contribution is -2.26. The Kier molecular flexibility index (Phi) is 2.91. The molecular weight excluding hydrogens is 204 g/mol. The molecule has 1 aromatic carbocycles. The van der Waals surface area contributed by atoms with Gasteiger partial charge in [-0.2, -0.15) is 0 Å². The third kappa shape index (κ3) is 2.43. The van der Waals surface area contributed by atoms with E-state index in [4.69, 9.17) is 14.2 Å². The van der Waals surface area contributed by atoms with E-state index >= 15 is 0 Å². The van der Waals surface area contributed by atoms with Crippen LogP contribution in [0.4, 0.5) is 0 Å². The summed E-state index contributed by atoms with van der Waals surface area (Å²) in [7, 11) is 0. The molecule has 1 aromatic rings. The largest absolute Gasteiger partial charge is 0.374 e. The predicted octanol–water partition coefficient (Wildman–Crippen LogP) is 2.11. The smallest absolute Gasteiger partial charge is 0.184 e. The van der Waals surface area contributed by atoms with Crippen molar-refractivity contribution in [2.24, 2.45) is 0 Å². The van der Waals surface area contributed by atoms with Gasteiger partial charge in [-0.15, -0.1) is 0 Å². The van der Waals surface area contributed by atoms with Gasteiger partial charge in [0.15, 0.2) is 6.29 Å². The van der Waals surface area contributed by atoms with Crippen LogP contribution in [0, 0.1) is 0 Å². The maximum absolute atomic E-state index is 5.65. The van der Waals surface area contributed by atoms with Crippen LogP contribution in [0.15, 0.2) is 30.3 Å². The van der Waals surface area contributed by atoms with Gasteiger partial charge in [-0.25, -0.2) is 0 Å². The third-order valence-corrected chi connectivity index (χ3v) is 3.05. The molecule has 2 fully saturated rings. The molecule has 2 heterocycles. The highest BCUT2D eigenvalue weighted by atomic mass is 16.8. The number of hydrogen-bond acceptors (Lipinski definition) is 3. The second kappa shape index (κ2) is 4.53. The van der Waals surface area contributed by atoms with Crippen LogP contribution in [0.2, 0.25) is 0 Å². The Morgan fingerprint density at radius 1 is 1.12 bits per heavy atom. The first-order valence-corrected chi connectivity index (χ1v) is 5.84. The normalized spacial score (nSPS) is 32.1. The highest BCUT2D eigenvalue weighted by Crippen LogP contribution is 2.34. The van der Waals surface area contributed by atoms with Crippen molar-refractivity contribution < 1.29 is 14.2 Å². The third-order valence-electron chi connectivity index (χ3n) is 3.05. The van der Waals surface area contributed by atoms with Crippen LogP contribution in [0.1, 0.15) is 18.4 Å². The summed E-state index contributed by atoms with van der Waals surface area (Å²) in [4.78, 5) is 0. The summed E-state index contributed by atoms with van der Waals surface area (Å²) in [5, 5.41) is 0. The van der Waals surface area contributed by atoms with Gasteiger partial charge in [-0.3, -0.25) is 0 Å². The Morgan fingerprint density at radius 3 is 2.81 bits per heavy atom. The van der Waals surface area contributed by atoms with Crippen molar-refractivity contribution in [3.05, 3.63) is 35.9 Å². The fourth-order valence-corrected chi connectivity index (χ4v) is 2.06. The zero-order chi connectivity index (χ0) is 10.8. The molecule has 3 nitrogen and oxygen atoms in total. The number of fused-ring (bicyclic) bond motifs is 1. The van der Waals surface area contributed by atoms with Crippen LogP contribution < -0.4 is 0 Å². The maximum Gasteiger partial charge on any atom is 0.184 e. The topological polar surface area (TPSA) is 31.0 Å². The van der Waals surface area contributed by atoms with E-state index in [9.17, 15) is 0 Å². The molecule has 0 unspecified atom stereocenters. The molecule has 0 aromatic heterocycles. The van der Waals surface area contributed by atoms with E-state index in [-0.39, 0.29) is 12.4 Å². The standard InChI is InChI=1S/C13H16O3/c1-2-4-10(5-3-1)8-14-9-11-6-7-12-13(15-11)16-12/h1-5,11-13H,6-9H2/t11-,12+,13-/m0/s1. The van der Waals surface area contributed by atoms with E-state index in [0.29, 0.717) is 19.3 Å². The first-order valence-electron chi connectivity index (χ1n) is 5.84. The average molecular weight is 220 g/mol. The van der Waals surface area contributed by atoms with E-state index in [1.165, 1.54) is 5.56 Å². The fourth-order valence-electron chi connectivity index (χ4n) is 2.06. The molecule has 3 atom stereocenters. The molecule has 0 N–H and O–H groups in total. The molecular formula is C13H16O3. The van der Waals surface area contributed by atoms with E-state index in [0.717, 1.165) is 12.8 Å². The highest BCUT2D eigenvalue weighted by molar-refractivity contribution is 5.13. The van der Waals surface area contributed by atoms with Crippen molar-refractivity contribution in [2.45, 2.75) is 37.9 Å². The Labute approximate surface area is 95.3 Å². The van der Waals surface area contributed by atoms with Crippen molar-refractivity contribution in [2.75, 3.05) is 6.61 Å². The molecule has 2 aliphatic rings. The SMILES string of the molecule is c1ccc(COC[C@@H]2CC[C@H]3O[C@@H]3O2)cc1. The number of hydrogen-bond donors (Lipinski definition) is 0. The second-order valence-electron chi connectivity index (χ2n) is 4.38. The van der Waals surface area contributed by atoms with Crippen LogP contribution in [0.3, 0.4) is 0 Å². The lowest BCUT2D eigenvalue weighted by molar-refractivity contribution is -0.0672. The summed E-state index contributed by atoms with van der Waals surface area (Å²) < 4.78 is 16.6. The van der Waals surface area contributed by atoms with Crippen molar-refractivity contribution in [1.29, 1.82) is 0 Å². The molecule has 0 radical (unpaired) electrons. The molecule has 0 spiro atoms. The van der Waals surface area contributed by atoms with Gasteiger partial charge in [0.1, 0.15) is 6.10 Å². The molecule has 0 aliphatic carbocycles. The van der Waals surface area contributed by atoms with Gasteiger partial charge in [0.25, 0.3) is 0 Å². The molecule has 0 amide bonds. The van der Waals surface area contributed by atoms with Crippen molar-refractivity contribution in [3.8, 4) is 0 Å². The lowest BCUT2D eigenvalue weighted by atomic mass is 10.1. The zero-order valence-corrected chi connectivity index (χ0v) is 9.17. The first-order chi connectivity index (χ1) is 7.92. The molecule has 2 aliphatic heterocycles. The fraction of sp³-hybridized carbons (Fsp3) is 0.538. The van der Waals surface area contributed by atoms with Gasteiger partial charge >= 0.3 is 0 Å². The summed E-state index contributed by atoms with van der Waals surface area (Å²) in [5.41, 5.74) is 1.21. The van der Waals surface area contributed by atoms with Gasteiger partial charge < -0.3 is 14.2 Å².